The summed E-state index contributed by atoms with van der Waals surface area (Å²) >= 11 is 0. The smallest absolute Gasteiger partial charge is 0.218 e. The summed E-state index contributed by atoms with van der Waals surface area (Å²) in [6.45, 7) is 0. The fraction of sp³-hybridized carbons (Fsp3) is 0.333. The lowest BCUT2D eigenvalue weighted by Crippen LogP contribution is -2.04. The highest BCUT2D eigenvalue weighted by molar-refractivity contribution is 8.71. The van der Waals surface area contributed by atoms with Gasteiger partial charge in [0.1, 0.15) is 0 Å². The van der Waals surface area contributed by atoms with Crippen LogP contribution in [0.15, 0.2) is 24.3 Å². The lowest BCUT2D eigenvalue weighted by molar-refractivity contribution is -0.137. The molecule has 0 aliphatic rings. The molecule has 0 aliphatic carbocycles. The third-order valence-electron chi connectivity index (χ3n) is 1.72. The van der Waals surface area contributed by atoms with Gasteiger partial charge in [-0.15, -0.1) is 0 Å². The van der Waals surface area contributed by atoms with E-state index in [9.17, 15) is 21.6 Å². The normalized spacial score (nSPS) is 12.8. The number of hydrogen-bond acceptors (Lipinski definition) is 3. The Hall–Kier alpha value is -0.690. The number of alkyl halides is 3. The zero-order chi connectivity index (χ0) is 12.4. The van der Waals surface area contributed by atoms with E-state index in [2.05, 4.69) is 0 Å². The van der Waals surface area contributed by atoms with Crippen LogP contribution >= 0.6 is 10.8 Å². The molecule has 0 atom stereocenters. The highest BCUT2D eigenvalue weighted by Gasteiger charge is 2.29. The van der Waals surface area contributed by atoms with Gasteiger partial charge in [-0.05, 0) is 28.5 Å². The Bertz CT molecular complexity index is 449. The van der Waals surface area contributed by atoms with Gasteiger partial charge in [0.15, 0.2) is 8.87 Å². The van der Waals surface area contributed by atoms with Gasteiger partial charge in [0.05, 0.1) is 5.56 Å². The SMILES string of the molecule is CS(=O)(=O)SCc1ccc(C(F)(F)F)cc1. The minimum atomic E-state index is -4.36. The van der Waals surface area contributed by atoms with E-state index in [0.29, 0.717) is 16.4 Å². The van der Waals surface area contributed by atoms with Crippen LogP contribution in [0.25, 0.3) is 0 Å². The standard InChI is InChI=1S/C9H9F3O2S2/c1-16(13,14)15-6-7-2-4-8(5-3-7)9(10,11)12/h2-5H,6H2,1H3. The molecule has 90 valence electrons. The summed E-state index contributed by atoms with van der Waals surface area (Å²) in [4.78, 5) is 0. The molecule has 0 N–H and O–H groups in total. The highest BCUT2D eigenvalue weighted by Crippen LogP contribution is 2.29. The van der Waals surface area contributed by atoms with Crippen molar-refractivity contribution in [3.05, 3.63) is 35.4 Å². The van der Waals surface area contributed by atoms with Crippen LogP contribution in [-0.2, 0) is 20.8 Å². The number of benzene rings is 1. The Balaban J connectivity index is 2.73. The summed E-state index contributed by atoms with van der Waals surface area (Å²) < 4.78 is 58.2. The van der Waals surface area contributed by atoms with E-state index in [0.717, 1.165) is 18.4 Å². The molecule has 0 fully saturated rings. The number of rotatable bonds is 3. The first-order valence-electron chi connectivity index (χ1n) is 4.19. The first-order chi connectivity index (χ1) is 7.18. The second-order valence-electron chi connectivity index (χ2n) is 3.16. The average Bonchev–Trinajstić information content (AvgIpc) is 2.13. The van der Waals surface area contributed by atoms with Crippen molar-refractivity contribution in [1.82, 2.24) is 0 Å². The molecule has 1 rings (SSSR count). The minimum Gasteiger partial charge on any atom is -0.218 e. The van der Waals surface area contributed by atoms with Crippen LogP contribution in [0.4, 0.5) is 13.2 Å². The molecule has 0 heterocycles. The summed E-state index contributed by atoms with van der Waals surface area (Å²) in [7, 11) is -2.48. The fourth-order valence-corrected chi connectivity index (χ4v) is 2.56. The van der Waals surface area contributed by atoms with Crippen LogP contribution < -0.4 is 0 Å². The monoisotopic (exact) mass is 270 g/mol. The van der Waals surface area contributed by atoms with Crippen molar-refractivity contribution in [2.75, 3.05) is 6.26 Å². The molecule has 0 saturated carbocycles. The first kappa shape index (κ1) is 13.4. The zero-order valence-corrected chi connectivity index (χ0v) is 9.92. The topological polar surface area (TPSA) is 34.1 Å². The third-order valence-corrected chi connectivity index (χ3v) is 4.24. The Kier molecular flexibility index (Phi) is 3.90. The minimum absolute atomic E-state index is 0.150. The van der Waals surface area contributed by atoms with Gasteiger partial charge in [-0.1, -0.05) is 12.1 Å². The molecule has 0 saturated heterocycles. The van der Waals surface area contributed by atoms with Crippen LogP contribution in [0, 0.1) is 0 Å². The van der Waals surface area contributed by atoms with Crippen molar-refractivity contribution in [3.63, 3.8) is 0 Å². The molecule has 1 aromatic carbocycles. The molecule has 0 unspecified atom stereocenters. The molecule has 7 heteroatoms. The van der Waals surface area contributed by atoms with Gasteiger partial charge in [0.25, 0.3) is 0 Å². The van der Waals surface area contributed by atoms with E-state index < -0.39 is 20.6 Å². The summed E-state index contributed by atoms with van der Waals surface area (Å²) in [5, 5.41) is 0. The summed E-state index contributed by atoms with van der Waals surface area (Å²) in [5.74, 6) is 0.150. The molecule has 0 aliphatic heterocycles. The van der Waals surface area contributed by atoms with E-state index in [1.54, 1.807) is 0 Å². The van der Waals surface area contributed by atoms with Crippen LogP contribution in [0.5, 0.6) is 0 Å². The van der Waals surface area contributed by atoms with Gasteiger partial charge >= 0.3 is 6.18 Å². The van der Waals surface area contributed by atoms with Gasteiger partial charge in [-0.2, -0.15) is 13.2 Å². The molecule has 0 aromatic heterocycles. The van der Waals surface area contributed by atoms with Crippen molar-refractivity contribution >= 4 is 19.7 Å². The van der Waals surface area contributed by atoms with Crippen molar-refractivity contribution in [2.24, 2.45) is 0 Å². The van der Waals surface area contributed by atoms with Crippen LogP contribution in [0.3, 0.4) is 0 Å². The van der Waals surface area contributed by atoms with E-state index >= 15 is 0 Å². The Labute approximate surface area is 95.2 Å². The number of hydrogen-bond donors (Lipinski definition) is 0. The third kappa shape index (κ3) is 4.44. The first-order valence-corrected chi connectivity index (χ1v) is 7.58. The molecular weight excluding hydrogens is 261 g/mol. The van der Waals surface area contributed by atoms with E-state index in [4.69, 9.17) is 0 Å². The fourth-order valence-electron chi connectivity index (χ4n) is 0.965. The largest absolute Gasteiger partial charge is 0.416 e. The summed E-state index contributed by atoms with van der Waals surface area (Å²) in [6.07, 6.45) is -3.30. The predicted octanol–water partition coefficient (Wildman–Crippen LogP) is 2.90. The maximum atomic E-state index is 12.2. The van der Waals surface area contributed by atoms with Gasteiger partial charge < -0.3 is 0 Å². The lowest BCUT2D eigenvalue weighted by atomic mass is 10.1. The molecule has 0 amide bonds. The molecule has 16 heavy (non-hydrogen) atoms. The van der Waals surface area contributed by atoms with Gasteiger partial charge in [0.2, 0.25) is 0 Å². The Morgan fingerprint density at radius 2 is 1.69 bits per heavy atom. The van der Waals surface area contributed by atoms with Crippen molar-refractivity contribution in [2.45, 2.75) is 11.9 Å². The van der Waals surface area contributed by atoms with Gasteiger partial charge in [0, 0.05) is 12.0 Å². The second kappa shape index (κ2) is 4.67. The van der Waals surface area contributed by atoms with Crippen molar-refractivity contribution in [3.8, 4) is 0 Å². The quantitative estimate of drug-likeness (QED) is 0.792. The summed E-state index contributed by atoms with van der Waals surface area (Å²) in [5.41, 5.74) is -0.191. The molecule has 0 spiro atoms. The molecule has 0 radical (unpaired) electrons. The lowest BCUT2D eigenvalue weighted by Gasteiger charge is -2.07. The van der Waals surface area contributed by atoms with E-state index in [1.165, 1.54) is 12.1 Å². The predicted molar refractivity (Wildman–Crippen MR) is 57.6 cm³/mol. The molecule has 0 bridgehead atoms. The molecular formula is C9H9F3O2S2. The maximum absolute atomic E-state index is 12.2. The van der Waals surface area contributed by atoms with Crippen molar-refractivity contribution in [1.29, 1.82) is 0 Å². The second-order valence-corrected chi connectivity index (χ2v) is 7.62. The van der Waals surface area contributed by atoms with Crippen LogP contribution in [0.1, 0.15) is 11.1 Å². The Morgan fingerprint density at radius 1 is 1.19 bits per heavy atom. The average molecular weight is 270 g/mol. The highest BCUT2D eigenvalue weighted by atomic mass is 33.1. The van der Waals surface area contributed by atoms with Gasteiger partial charge in [-0.25, -0.2) is 8.42 Å². The Morgan fingerprint density at radius 3 is 2.06 bits per heavy atom. The number of halogens is 3. The van der Waals surface area contributed by atoms with Crippen LogP contribution in [0.2, 0.25) is 0 Å². The zero-order valence-electron chi connectivity index (χ0n) is 8.28. The molecule has 2 nitrogen and oxygen atoms in total. The molecule has 1 aromatic rings. The van der Waals surface area contributed by atoms with Crippen molar-refractivity contribution < 1.29 is 21.6 Å². The van der Waals surface area contributed by atoms with Crippen LogP contribution in [-0.4, -0.2) is 14.7 Å². The van der Waals surface area contributed by atoms with Gasteiger partial charge in [-0.3, -0.25) is 0 Å². The van der Waals surface area contributed by atoms with E-state index in [-0.39, 0.29) is 5.75 Å². The van der Waals surface area contributed by atoms with E-state index in [1.807, 2.05) is 0 Å². The maximum Gasteiger partial charge on any atom is 0.416 e. The summed E-state index contributed by atoms with van der Waals surface area (Å²) in [6, 6.07) is 4.44.